The minimum Gasteiger partial charge on any atom is -0.314 e. The van der Waals surface area contributed by atoms with E-state index in [0.717, 1.165) is 11.1 Å². The summed E-state index contributed by atoms with van der Waals surface area (Å²) in [7, 11) is 0. The van der Waals surface area contributed by atoms with Crippen molar-refractivity contribution in [2.24, 2.45) is 0 Å². The third kappa shape index (κ3) is 5.73. The minimum absolute atomic E-state index is 0.412. The Morgan fingerprint density at radius 2 is 2.00 bits per heavy atom. The van der Waals surface area contributed by atoms with Gasteiger partial charge in [0.05, 0.1) is 6.42 Å². The van der Waals surface area contributed by atoms with Gasteiger partial charge in [-0.1, -0.05) is 36.8 Å². The summed E-state index contributed by atoms with van der Waals surface area (Å²) in [6, 6.07) is 7.08. The van der Waals surface area contributed by atoms with Crippen molar-refractivity contribution >= 4 is 0 Å². The molecule has 4 heteroatoms. The lowest BCUT2D eigenvalue weighted by Gasteiger charge is -2.19. The number of alkyl halides is 3. The molecule has 0 aliphatic carbocycles. The van der Waals surface area contributed by atoms with Crippen LogP contribution in [-0.4, -0.2) is 18.8 Å². The summed E-state index contributed by atoms with van der Waals surface area (Å²) >= 11 is 0. The first-order chi connectivity index (χ1) is 7.90. The molecule has 96 valence electrons. The molecular formula is C13H18F3N. The van der Waals surface area contributed by atoms with Crippen LogP contribution >= 0.6 is 0 Å². The van der Waals surface area contributed by atoms with E-state index in [1.807, 2.05) is 38.1 Å². The third-order valence-electron chi connectivity index (χ3n) is 2.54. The zero-order valence-corrected chi connectivity index (χ0v) is 10.1. The molecule has 1 unspecified atom stereocenters. The Kier molecular flexibility index (Phi) is 5.00. The second kappa shape index (κ2) is 6.05. The number of hydrogen-bond acceptors (Lipinski definition) is 1. The quantitative estimate of drug-likeness (QED) is 0.837. The Labute approximate surface area is 100 Å². The third-order valence-corrected chi connectivity index (χ3v) is 2.54. The zero-order valence-electron chi connectivity index (χ0n) is 10.1. The Morgan fingerprint density at radius 1 is 1.29 bits per heavy atom. The number of hydrogen-bond donors (Lipinski definition) is 1. The van der Waals surface area contributed by atoms with Gasteiger partial charge in [0.15, 0.2) is 0 Å². The maximum atomic E-state index is 12.4. The van der Waals surface area contributed by atoms with E-state index in [2.05, 4.69) is 5.32 Å². The summed E-state index contributed by atoms with van der Waals surface area (Å²) < 4.78 is 37.1. The maximum Gasteiger partial charge on any atom is 0.390 e. The molecule has 0 aliphatic rings. The van der Waals surface area contributed by atoms with Crippen LogP contribution in [0.3, 0.4) is 0 Å². The van der Waals surface area contributed by atoms with Crippen LogP contribution in [0.15, 0.2) is 24.3 Å². The van der Waals surface area contributed by atoms with Crippen molar-refractivity contribution in [3.8, 4) is 0 Å². The van der Waals surface area contributed by atoms with Crippen molar-refractivity contribution < 1.29 is 13.2 Å². The van der Waals surface area contributed by atoms with Crippen molar-refractivity contribution in [2.45, 2.75) is 38.9 Å². The van der Waals surface area contributed by atoms with E-state index in [4.69, 9.17) is 0 Å². The van der Waals surface area contributed by atoms with Crippen LogP contribution in [0.1, 0.15) is 24.5 Å². The Bertz CT molecular complexity index is 347. The van der Waals surface area contributed by atoms with E-state index < -0.39 is 18.6 Å². The van der Waals surface area contributed by atoms with Gasteiger partial charge in [0.25, 0.3) is 0 Å². The number of nitrogens with one attached hydrogen (secondary N) is 1. The van der Waals surface area contributed by atoms with Crippen LogP contribution in [0.25, 0.3) is 0 Å². The number of benzene rings is 1. The van der Waals surface area contributed by atoms with Crippen LogP contribution < -0.4 is 5.32 Å². The van der Waals surface area contributed by atoms with Gasteiger partial charge in [-0.05, 0) is 25.5 Å². The largest absolute Gasteiger partial charge is 0.390 e. The second-order valence-corrected chi connectivity index (χ2v) is 4.27. The molecule has 0 aromatic heterocycles. The molecule has 0 bridgehead atoms. The SMILES string of the molecule is CCNC(Cc1cccc(C)c1)CC(F)(F)F. The van der Waals surface area contributed by atoms with E-state index in [9.17, 15) is 13.2 Å². The molecule has 0 saturated heterocycles. The predicted octanol–water partition coefficient (Wildman–Crippen LogP) is 3.47. The lowest BCUT2D eigenvalue weighted by molar-refractivity contribution is -0.139. The monoisotopic (exact) mass is 245 g/mol. The molecule has 1 atom stereocenters. The summed E-state index contributed by atoms with van der Waals surface area (Å²) in [5, 5.41) is 2.89. The number of aryl methyl sites for hydroxylation is 1. The lowest BCUT2D eigenvalue weighted by atomic mass is 10.0. The van der Waals surface area contributed by atoms with Crippen LogP contribution in [0.2, 0.25) is 0 Å². The van der Waals surface area contributed by atoms with Crippen LogP contribution in [-0.2, 0) is 6.42 Å². The van der Waals surface area contributed by atoms with Gasteiger partial charge < -0.3 is 5.32 Å². The lowest BCUT2D eigenvalue weighted by Crippen LogP contribution is -2.35. The van der Waals surface area contributed by atoms with E-state index in [1.54, 1.807) is 0 Å². The van der Waals surface area contributed by atoms with Crippen LogP contribution in [0.4, 0.5) is 13.2 Å². The van der Waals surface area contributed by atoms with Gasteiger partial charge in [-0.25, -0.2) is 0 Å². The van der Waals surface area contributed by atoms with E-state index >= 15 is 0 Å². The van der Waals surface area contributed by atoms with E-state index in [-0.39, 0.29) is 0 Å². The molecule has 0 heterocycles. The van der Waals surface area contributed by atoms with Gasteiger partial charge >= 0.3 is 6.18 Å². The molecule has 1 aromatic rings. The van der Waals surface area contributed by atoms with Gasteiger partial charge in [0, 0.05) is 6.04 Å². The Hall–Kier alpha value is -1.03. The van der Waals surface area contributed by atoms with Gasteiger partial charge in [0.1, 0.15) is 0 Å². The molecule has 1 aromatic carbocycles. The molecule has 1 N–H and O–H groups in total. The van der Waals surface area contributed by atoms with Crippen molar-refractivity contribution in [1.29, 1.82) is 0 Å². The van der Waals surface area contributed by atoms with E-state index in [1.165, 1.54) is 0 Å². The number of halogens is 3. The summed E-state index contributed by atoms with van der Waals surface area (Å²) in [5.74, 6) is 0. The molecule has 0 spiro atoms. The Balaban J connectivity index is 2.66. The molecule has 0 aliphatic heterocycles. The fourth-order valence-electron chi connectivity index (χ4n) is 1.91. The van der Waals surface area contributed by atoms with Gasteiger partial charge in [-0.15, -0.1) is 0 Å². The first kappa shape index (κ1) is 14.0. The minimum atomic E-state index is -4.11. The topological polar surface area (TPSA) is 12.0 Å². The van der Waals surface area contributed by atoms with E-state index in [0.29, 0.717) is 13.0 Å². The smallest absolute Gasteiger partial charge is 0.314 e. The summed E-state index contributed by atoms with van der Waals surface area (Å²) in [6.07, 6.45) is -4.49. The van der Waals surface area contributed by atoms with Crippen molar-refractivity contribution in [3.05, 3.63) is 35.4 Å². The number of rotatable bonds is 5. The second-order valence-electron chi connectivity index (χ2n) is 4.27. The predicted molar refractivity (Wildman–Crippen MR) is 63.0 cm³/mol. The summed E-state index contributed by atoms with van der Waals surface area (Å²) in [4.78, 5) is 0. The molecule has 1 rings (SSSR count). The first-order valence-electron chi connectivity index (χ1n) is 5.76. The molecule has 17 heavy (non-hydrogen) atoms. The molecule has 0 amide bonds. The highest BCUT2D eigenvalue weighted by molar-refractivity contribution is 5.23. The average Bonchev–Trinajstić information content (AvgIpc) is 2.15. The molecule has 1 nitrogen and oxygen atoms in total. The zero-order chi connectivity index (χ0) is 12.9. The van der Waals surface area contributed by atoms with Gasteiger partial charge in [0.2, 0.25) is 0 Å². The highest BCUT2D eigenvalue weighted by Gasteiger charge is 2.31. The van der Waals surface area contributed by atoms with Gasteiger partial charge in [-0.3, -0.25) is 0 Å². The highest BCUT2D eigenvalue weighted by Crippen LogP contribution is 2.23. The average molecular weight is 245 g/mol. The molecule has 0 saturated carbocycles. The van der Waals surface area contributed by atoms with Crippen molar-refractivity contribution in [2.75, 3.05) is 6.54 Å². The highest BCUT2D eigenvalue weighted by atomic mass is 19.4. The van der Waals surface area contributed by atoms with Crippen LogP contribution in [0, 0.1) is 6.92 Å². The first-order valence-corrected chi connectivity index (χ1v) is 5.76. The number of likely N-dealkylation sites (N-methyl/N-ethyl adjacent to an activating group) is 1. The maximum absolute atomic E-state index is 12.4. The standard InChI is InChI=1S/C13H18F3N/c1-3-17-12(9-13(14,15)16)8-11-6-4-5-10(2)7-11/h4-7,12,17H,3,8-9H2,1-2H3. The fourth-order valence-corrected chi connectivity index (χ4v) is 1.91. The molecule has 0 fully saturated rings. The molecular weight excluding hydrogens is 227 g/mol. The summed E-state index contributed by atoms with van der Waals surface area (Å²) in [6.45, 7) is 4.31. The van der Waals surface area contributed by atoms with Crippen molar-refractivity contribution in [3.63, 3.8) is 0 Å². The van der Waals surface area contributed by atoms with Crippen LogP contribution in [0.5, 0.6) is 0 Å². The summed E-state index contributed by atoms with van der Waals surface area (Å²) in [5.41, 5.74) is 2.02. The van der Waals surface area contributed by atoms with Crippen molar-refractivity contribution in [1.82, 2.24) is 5.32 Å². The molecule has 0 radical (unpaired) electrons. The Morgan fingerprint density at radius 3 is 2.53 bits per heavy atom. The normalized spacial score (nSPS) is 13.7. The fraction of sp³-hybridized carbons (Fsp3) is 0.538. The van der Waals surface area contributed by atoms with Gasteiger partial charge in [-0.2, -0.15) is 13.2 Å².